The van der Waals surface area contributed by atoms with Crippen LogP contribution in [0.15, 0.2) is 24.3 Å². The molecule has 19 heavy (non-hydrogen) atoms. The molecule has 1 aliphatic rings. The van der Waals surface area contributed by atoms with Crippen LogP contribution in [0.2, 0.25) is 0 Å². The van der Waals surface area contributed by atoms with Gasteiger partial charge in [0.1, 0.15) is 0 Å². The highest BCUT2D eigenvalue weighted by Gasteiger charge is 2.21. The smallest absolute Gasteiger partial charge is 0.237 e. The summed E-state index contributed by atoms with van der Waals surface area (Å²) in [5.74, 6) is 0.124. The number of hydrogen-bond acceptors (Lipinski definition) is 4. The maximum Gasteiger partial charge on any atom is 0.237 e. The summed E-state index contributed by atoms with van der Waals surface area (Å²) in [7, 11) is 0. The van der Waals surface area contributed by atoms with Gasteiger partial charge in [-0.15, -0.1) is 11.3 Å². The zero-order chi connectivity index (χ0) is 13.1. The molecule has 1 aliphatic heterocycles. The number of para-hydroxylation sites is 1. The number of thiazole rings is 1. The van der Waals surface area contributed by atoms with Crippen molar-refractivity contribution in [2.75, 3.05) is 13.1 Å². The summed E-state index contributed by atoms with van der Waals surface area (Å²) in [6, 6.07) is 8.14. The number of carbonyl (C=O) groups excluding carboxylic acids is 1. The minimum Gasteiger partial charge on any atom is -0.354 e. The zero-order valence-corrected chi connectivity index (χ0v) is 11.5. The second-order valence-electron chi connectivity index (χ2n) is 4.77. The molecular weight excluding hydrogens is 258 g/mol. The molecule has 2 aromatic rings. The molecule has 1 saturated heterocycles. The predicted molar refractivity (Wildman–Crippen MR) is 77.4 cm³/mol. The van der Waals surface area contributed by atoms with Crippen LogP contribution in [0.1, 0.15) is 17.8 Å². The van der Waals surface area contributed by atoms with Crippen LogP contribution < -0.4 is 10.6 Å². The molecule has 1 amide bonds. The third-order valence-corrected chi connectivity index (χ3v) is 4.45. The van der Waals surface area contributed by atoms with E-state index in [1.54, 1.807) is 11.3 Å². The van der Waals surface area contributed by atoms with Crippen molar-refractivity contribution >= 4 is 27.5 Å². The summed E-state index contributed by atoms with van der Waals surface area (Å²) in [4.78, 5) is 16.4. The molecule has 4 nitrogen and oxygen atoms in total. The van der Waals surface area contributed by atoms with Crippen molar-refractivity contribution in [1.82, 2.24) is 15.6 Å². The number of aromatic nitrogens is 1. The second-order valence-corrected chi connectivity index (χ2v) is 5.88. The van der Waals surface area contributed by atoms with E-state index >= 15 is 0 Å². The molecule has 0 spiro atoms. The van der Waals surface area contributed by atoms with E-state index in [2.05, 4.69) is 21.7 Å². The van der Waals surface area contributed by atoms with E-state index in [0.717, 1.165) is 36.3 Å². The number of nitrogens with one attached hydrogen (secondary N) is 2. The number of rotatable bonds is 4. The standard InChI is InChI=1S/C14H17N3OS/c18-14(11-5-3-8-15-11)16-9-7-13-17-10-4-1-2-6-12(10)19-13/h1-2,4,6,11,15H,3,5,7-9H2,(H,16,18)/t11-/m0/s1. The molecule has 0 bridgehead atoms. The molecule has 100 valence electrons. The van der Waals surface area contributed by atoms with Gasteiger partial charge >= 0.3 is 0 Å². The lowest BCUT2D eigenvalue weighted by Gasteiger charge is -2.09. The van der Waals surface area contributed by atoms with Crippen LogP contribution in [0.5, 0.6) is 0 Å². The van der Waals surface area contributed by atoms with Crippen LogP contribution in [0.4, 0.5) is 0 Å². The Balaban J connectivity index is 1.53. The fourth-order valence-electron chi connectivity index (χ4n) is 2.35. The van der Waals surface area contributed by atoms with Gasteiger partial charge in [-0.3, -0.25) is 4.79 Å². The molecule has 2 heterocycles. The van der Waals surface area contributed by atoms with Gasteiger partial charge in [-0.25, -0.2) is 4.98 Å². The van der Waals surface area contributed by atoms with Crippen molar-refractivity contribution in [2.45, 2.75) is 25.3 Å². The number of hydrogen-bond donors (Lipinski definition) is 2. The summed E-state index contributed by atoms with van der Waals surface area (Å²) >= 11 is 1.70. The van der Waals surface area contributed by atoms with Gasteiger partial charge in [-0.05, 0) is 31.5 Å². The molecular formula is C14H17N3OS. The second kappa shape index (κ2) is 5.67. The van der Waals surface area contributed by atoms with Crippen molar-refractivity contribution < 1.29 is 4.79 Å². The molecule has 2 N–H and O–H groups in total. The summed E-state index contributed by atoms with van der Waals surface area (Å²) in [6.45, 7) is 1.62. The van der Waals surface area contributed by atoms with Crippen molar-refractivity contribution in [3.63, 3.8) is 0 Å². The van der Waals surface area contributed by atoms with Crippen LogP contribution in [0, 0.1) is 0 Å². The van der Waals surface area contributed by atoms with Gasteiger partial charge in [0, 0.05) is 13.0 Å². The molecule has 1 fully saturated rings. The monoisotopic (exact) mass is 275 g/mol. The lowest BCUT2D eigenvalue weighted by molar-refractivity contribution is -0.122. The third-order valence-electron chi connectivity index (χ3n) is 3.35. The first kappa shape index (κ1) is 12.6. The van der Waals surface area contributed by atoms with Gasteiger partial charge in [-0.2, -0.15) is 0 Å². The maximum absolute atomic E-state index is 11.8. The first-order valence-electron chi connectivity index (χ1n) is 6.68. The van der Waals surface area contributed by atoms with E-state index in [1.807, 2.05) is 18.2 Å². The lowest BCUT2D eigenvalue weighted by atomic mass is 10.2. The van der Waals surface area contributed by atoms with Gasteiger partial charge in [0.05, 0.1) is 21.3 Å². The van der Waals surface area contributed by atoms with Crippen molar-refractivity contribution in [3.05, 3.63) is 29.3 Å². The minimum absolute atomic E-state index is 0.00960. The first-order chi connectivity index (χ1) is 9.33. The Kier molecular flexibility index (Phi) is 3.75. The van der Waals surface area contributed by atoms with E-state index in [4.69, 9.17) is 0 Å². The minimum atomic E-state index is 0.00960. The number of nitrogens with zero attached hydrogens (tertiary/aromatic N) is 1. The first-order valence-corrected chi connectivity index (χ1v) is 7.50. The molecule has 1 aromatic carbocycles. The van der Waals surface area contributed by atoms with E-state index < -0.39 is 0 Å². The number of benzene rings is 1. The van der Waals surface area contributed by atoms with E-state index in [1.165, 1.54) is 4.70 Å². The topological polar surface area (TPSA) is 54.0 Å². The fraction of sp³-hybridized carbons (Fsp3) is 0.429. The molecule has 0 aliphatic carbocycles. The lowest BCUT2D eigenvalue weighted by Crippen LogP contribution is -2.41. The van der Waals surface area contributed by atoms with Crippen molar-refractivity contribution in [2.24, 2.45) is 0 Å². The summed E-state index contributed by atoms with van der Waals surface area (Å²) in [6.07, 6.45) is 2.85. The summed E-state index contributed by atoms with van der Waals surface area (Å²) < 4.78 is 1.21. The largest absolute Gasteiger partial charge is 0.354 e. The Hall–Kier alpha value is -1.46. The summed E-state index contributed by atoms with van der Waals surface area (Å²) in [5.41, 5.74) is 1.05. The maximum atomic E-state index is 11.8. The van der Waals surface area contributed by atoms with E-state index in [-0.39, 0.29) is 11.9 Å². The zero-order valence-electron chi connectivity index (χ0n) is 10.7. The molecule has 0 radical (unpaired) electrons. The molecule has 1 aromatic heterocycles. The Bertz CT molecular complexity index is 542. The average Bonchev–Trinajstić information content (AvgIpc) is 3.07. The average molecular weight is 275 g/mol. The van der Waals surface area contributed by atoms with Crippen LogP contribution in [0.25, 0.3) is 10.2 Å². The highest BCUT2D eigenvalue weighted by atomic mass is 32.1. The van der Waals surface area contributed by atoms with E-state index in [0.29, 0.717) is 6.54 Å². The Morgan fingerprint density at radius 2 is 2.37 bits per heavy atom. The van der Waals surface area contributed by atoms with E-state index in [9.17, 15) is 4.79 Å². The third kappa shape index (κ3) is 2.93. The van der Waals surface area contributed by atoms with Gasteiger partial charge < -0.3 is 10.6 Å². The molecule has 0 saturated carbocycles. The number of carbonyl (C=O) groups is 1. The van der Waals surface area contributed by atoms with Crippen LogP contribution in [0.3, 0.4) is 0 Å². The number of fused-ring (bicyclic) bond motifs is 1. The van der Waals surface area contributed by atoms with Gasteiger partial charge in [0.15, 0.2) is 0 Å². The quantitative estimate of drug-likeness (QED) is 0.893. The highest BCUT2D eigenvalue weighted by molar-refractivity contribution is 7.18. The Morgan fingerprint density at radius 3 is 3.16 bits per heavy atom. The van der Waals surface area contributed by atoms with Crippen molar-refractivity contribution in [3.8, 4) is 0 Å². The van der Waals surface area contributed by atoms with Crippen molar-refractivity contribution in [1.29, 1.82) is 0 Å². The fourth-order valence-corrected chi connectivity index (χ4v) is 3.32. The van der Waals surface area contributed by atoms with Crippen LogP contribution >= 0.6 is 11.3 Å². The molecule has 0 unspecified atom stereocenters. The van der Waals surface area contributed by atoms with Crippen LogP contribution in [-0.4, -0.2) is 30.0 Å². The molecule has 3 rings (SSSR count). The SMILES string of the molecule is O=C(NCCc1nc2ccccc2s1)[C@@H]1CCCN1. The molecule has 1 atom stereocenters. The molecule has 5 heteroatoms. The van der Waals surface area contributed by atoms with Gasteiger partial charge in [-0.1, -0.05) is 12.1 Å². The Morgan fingerprint density at radius 1 is 1.47 bits per heavy atom. The summed E-state index contributed by atoms with van der Waals surface area (Å²) in [5, 5.41) is 7.27. The van der Waals surface area contributed by atoms with Gasteiger partial charge in [0.2, 0.25) is 5.91 Å². The number of amides is 1. The van der Waals surface area contributed by atoms with Crippen LogP contribution in [-0.2, 0) is 11.2 Å². The van der Waals surface area contributed by atoms with Gasteiger partial charge in [0.25, 0.3) is 0 Å². The highest BCUT2D eigenvalue weighted by Crippen LogP contribution is 2.21. The Labute approximate surface area is 116 Å². The predicted octanol–water partition coefficient (Wildman–Crippen LogP) is 1.71. The normalized spacial score (nSPS) is 18.8.